The Morgan fingerprint density at radius 3 is 2.69 bits per heavy atom. The van der Waals surface area contributed by atoms with Gasteiger partial charge in [0, 0.05) is 32.3 Å². The highest BCUT2D eigenvalue weighted by Gasteiger charge is 2.23. The molecule has 0 spiro atoms. The average molecular weight is 391 g/mol. The molecule has 0 unspecified atom stereocenters. The fourth-order valence-electron chi connectivity index (χ4n) is 2.42. The van der Waals surface area contributed by atoms with Crippen molar-refractivity contribution in [2.24, 2.45) is 5.92 Å². The van der Waals surface area contributed by atoms with Crippen LogP contribution in [-0.4, -0.2) is 48.3 Å². The maximum atomic E-state index is 13.5. The summed E-state index contributed by atoms with van der Waals surface area (Å²) in [6, 6.07) is 3.33. The number of carbonyl (C=O) groups is 2. The lowest BCUT2D eigenvalue weighted by Gasteiger charge is -2.32. The number of hydrogen-bond acceptors (Lipinski definition) is 3. The van der Waals surface area contributed by atoms with Gasteiger partial charge in [-0.25, -0.2) is 4.39 Å². The van der Waals surface area contributed by atoms with Gasteiger partial charge >= 0.3 is 0 Å². The van der Waals surface area contributed by atoms with E-state index in [1.54, 1.807) is 0 Å². The molecule has 1 aromatic rings. The number of likely N-dealkylation sites (tertiary alicyclic amines) is 1. The summed E-state index contributed by atoms with van der Waals surface area (Å²) in [5, 5.41) is 4.91. The van der Waals surface area contributed by atoms with Crippen LogP contribution in [0.4, 0.5) is 4.39 Å². The normalized spacial score (nSPS) is 24.7. The summed E-state index contributed by atoms with van der Waals surface area (Å²) in [6.45, 7) is -5.14. The summed E-state index contributed by atoms with van der Waals surface area (Å²) in [5.74, 6) is -2.75. The van der Waals surface area contributed by atoms with E-state index in [0.717, 1.165) is 17.0 Å². The minimum Gasteiger partial charge on any atom is -0.352 e. The molecule has 2 amide bonds. The predicted octanol–water partition coefficient (Wildman–Crippen LogP) is 2.84. The molecule has 26 heavy (non-hydrogen) atoms. The number of nitrogens with zero attached hydrogens (tertiary/aromatic N) is 1. The molecule has 0 aliphatic carbocycles. The lowest BCUT2D eigenvalue weighted by Crippen LogP contribution is -2.48. The first-order valence-corrected chi connectivity index (χ1v) is 8.55. The third kappa shape index (κ3) is 6.92. The Kier molecular flexibility index (Phi) is 4.30. The second-order valence-electron chi connectivity index (χ2n) is 6.72. The summed E-state index contributed by atoms with van der Waals surface area (Å²) in [6.07, 6.45) is -0.376. The van der Waals surface area contributed by atoms with E-state index in [4.69, 9.17) is 21.2 Å². The van der Waals surface area contributed by atoms with Crippen LogP contribution in [0, 0.1) is 11.7 Å². The summed E-state index contributed by atoms with van der Waals surface area (Å²) < 4.78 is 69.2. The lowest BCUT2D eigenvalue weighted by atomic mass is 9.96. The van der Waals surface area contributed by atoms with Crippen molar-refractivity contribution in [2.45, 2.75) is 39.1 Å². The molecule has 2 N–H and O–H groups in total. The summed E-state index contributed by atoms with van der Waals surface area (Å²) in [4.78, 5) is 25.5. The van der Waals surface area contributed by atoms with Gasteiger partial charge in [-0.1, -0.05) is 11.6 Å². The van der Waals surface area contributed by atoms with Crippen molar-refractivity contribution < 1.29 is 23.6 Å². The second-order valence-corrected chi connectivity index (χ2v) is 7.15. The van der Waals surface area contributed by atoms with Crippen LogP contribution in [0.15, 0.2) is 18.2 Å². The zero-order valence-corrected chi connectivity index (χ0v) is 15.4. The molecule has 0 radical (unpaired) electrons. The van der Waals surface area contributed by atoms with E-state index in [9.17, 15) is 14.0 Å². The van der Waals surface area contributed by atoms with Gasteiger partial charge in [0.05, 0.1) is 6.54 Å². The van der Waals surface area contributed by atoms with Crippen LogP contribution in [-0.2, 0) is 4.79 Å². The average Bonchev–Trinajstić information content (AvgIpc) is 2.60. The van der Waals surface area contributed by atoms with Crippen LogP contribution in [0.3, 0.4) is 0 Å². The number of rotatable bonds is 5. The molecule has 0 atom stereocenters. The highest BCUT2D eigenvalue weighted by atomic mass is 35.5. The Morgan fingerprint density at radius 1 is 1.38 bits per heavy atom. The molecule has 5 nitrogen and oxygen atoms in total. The zero-order chi connectivity index (χ0) is 25.4. The first-order valence-electron chi connectivity index (χ1n) is 11.7. The van der Waals surface area contributed by atoms with Gasteiger partial charge in [-0.3, -0.25) is 14.5 Å². The van der Waals surface area contributed by atoms with Crippen molar-refractivity contribution in [1.82, 2.24) is 15.5 Å². The number of amides is 2. The molecule has 1 aliphatic heterocycles. The lowest BCUT2D eigenvalue weighted by molar-refractivity contribution is -0.124. The minimum absolute atomic E-state index is 0.0167. The standard InChI is InChI=1S/C19H27ClFN3O2/c1-19(2,3)23-17(25)12-24-6-4-13(5-7-24)11-22-18(26)14-8-15(20)10-16(21)9-14/h8-10,13H,4-7,11-12H2,1-3H3,(H,22,26)(H,23,25)/i1D3,6D2,7D2. The predicted molar refractivity (Wildman–Crippen MR) is 101 cm³/mol. The molecular weight excluding hydrogens is 357 g/mol. The van der Waals surface area contributed by atoms with E-state index < -0.39 is 55.5 Å². The summed E-state index contributed by atoms with van der Waals surface area (Å²) in [7, 11) is 0. The molecule has 0 bridgehead atoms. The molecule has 1 aromatic carbocycles. The van der Waals surface area contributed by atoms with Crippen LogP contribution in [0.2, 0.25) is 5.02 Å². The molecule has 1 fully saturated rings. The largest absolute Gasteiger partial charge is 0.352 e. The van der Waals surface area contributed by atoms with E-state index in [-0.39, 0.29) is 30.0 Å². The number of piperidine rings is 1. The number of nitrogens with one attached hydrogen (secondary N) is 2. The highest BCUT2D eigenvalue weighted by Crippen LogP contribution is 2.17. The summed E-state index contributed by atoms with van der Waals surface area (Å²) in [5.41, 5.74) is -1.59. The van der Waals surface area contributed by atoms with Gasteiger partial charge in [-0.2, -0.15) is 0 Å². The van der Waals surface area contributed by atoms with Crippen molar-refractivity contribution >= 4 is 23.4 Å². The van der Waals surface area contributed by atoms with Crippen molar-refractivity contribution in [3.05, 3.63) is 34.6 Å². The van der Waals surface area contributed by atoms with Crippen LogP contribution in [0.25, 0.3) is 0 Å². The molecule has 0 aromatic heterocycles. The molecule has 0 saturated carbocycles. The van der Waals surface area contributed by atoms with Crippen molar-refractivity contribution in [1.29, 1.82) is 0 Å². The first-order chi connectivity index (χ1) is 14.8. The van der Waals surface area contributed by atoms with Crippen molar-refractivity contribution in [3.63, 3.8) is 0 Å². The van der Waals surface area contributed by atoms with Gasteiger partial charge in [-0.15, -0.1) is 0 Å². The first kappa shape index (κ1) is 12.7. The third-order valence-corrected chi connectivity index (χ3v) is 3.79. The van der Waals surface area contributed by atoms with E-state index in [0.29, 0.717) is 0 Å². The number of benzene rings is 1. The van der Waals surface area contributed by atoms with Gasteiger partial charge in [-0.05, 0) is 70.7 Å². The van der Waals surface area contributed by atoms with Crippen LogP contribution >= 0.6 is 11.6 Å². The SMILES string of the molecule is [2H]C1([2H])CC(CNC(=O)c2cc(F)cc(Cl)c2)CC([2H])([2H])N1CC(=O)NC(C)(C)C([2H])([2H])[2H]. The van der Waals surface area contributed by atoms with Crippen molar-refractivity contribution in [2.75, 3.05) is 26.1 Å². The minimum atomic E-state index is -2.50. The van der Waals surface area contributed by atoms with Crippen molar-refractivity contribution in [3.8, 4) is 0 Å². The quantitative estimate of drug-likeness (QED) is 0.812. The second kappa shape index (κ2) is 8.82. The van der Waals surface area contributed by atoms with Crippen LogP contribution in [0.5, 0.6) is 0 Å². The molecule has 1 aliphatic rings. The molecule has 7 heteroatoms. The van der Waals surface area contributed by atoms with E-state index in [1.165, 1.54) is 19.9 Å². The number of halogens is 2. The topological polar surface area (TPSA) is 61.4 Å². The van der Waals surface area contributed by atoms with Gasteiger partial charge in [0.1, 0.15) is 5.82 Å². The number of hydrogen-bond donors (Lipinski definition) is 2. The highest BCUT2D eigenvalue weighted by molar-refractivity contribution is 6.31. The third-order valence-electron chi connectivity index (χ3n) is 3.57. The maximum absolute atomic E-state index is 13.5. The van der Waals surface area contributed by atoms with Gasteiger partial charge in [0.25, 0.3) is 5.91 Å². The van der Waals surface area contributed by atoms with Crippen LogP contribution in [0.1, 0.15) is 53.5 Å². The fourth-order valence-corrected chi connectivity index (χ4v) is 2.64. The van der Waals surface area contributed by atoms with Gasteiger partial charge in [0.2, 0.25) is 5.91 Å². The zero-order valence-electron chi connectivity index (χ0n) is 21.7. The van der Waals surface area contributed by atoms with E-state index >= 15 is 0 Å². The fraction of sp³-hybridized carbons (Fsp3) is 0.579. The Labute approximate surface area is 169 Å². The Bertz CT molecular complexity index is 874. The summed E-state index contributed by atoms with van der Waals surface area (Å²) >= 11 is 5.75. The Hall–Kier alpha value is -1.66. The van der Waals surface area contributed by atoms with E-state index in [1.807, 2.05) is 0 Å². The number of carbonyl (C=O) groups excluding carboxylic acids is 2. The molecular formula is C19H27ClFN3O2. The van der Waals surface area contributed by atoms with Crippen LogP contribution < -0.4 is 10.6 Å². The molecule has 1 saturated heterocycles. The monoisotopic (exact) mass is 390 g/mol. The molecule has 2 rings (SSSR count). The molecule has 144 valence electrons. The molecule has 1 heterocycles. The van der Waals surface area contributed by atoms with E-state index in [2.05, 4.69) is 10.6 Å². The Balaban J connectivity index is 2.05. The smallest absolute Gasteiger partial charge is 0.251 e. The van der Waals surface area contributed by atoms with Gasteiger partial charge in [0.15, 0.2) is 0 Å². The van der Waals surface area contributed by atoms with Gasteiger partial charge < -0.3 is 10.6 Å². The Morgan fingerprint density at radius 2 is 2.08 bits per heavy atom. The maximum Gasteiger partial charge on any atom is 0.251 e.